The molecule has 4 nitrogen and oxygen atoms in total. The third kappa shape index (κ3) is 2.04. The Morgan fingerprint density at radius 3 is 2.73 bits per heavy atom. The van der Waals surface area contributed by atoms with Crippen molar-refractivity contribution < 1.29 is 9.90 Å². The van der Waals surface area contributed by atoms with Crippen LogP contribution in [0.25, 0.3) is 5.69 Å². The summed E-state index contributed by atoms with van der Waals surface area (Å²) < 4.78 is 1.77. The Kier molecular flexibility index (Phi) is 2.49. The molecule has 1 heterocycles. The van der Waals surface area contributed by atoms with Gasteiger partial charge in [0.25, 0.3) is 0 Å². The first-order valence-electron chi connectivity index (χ1n) is 4.57. The number of benzene rings is 1. The molecule has 4 heteroatoms. The summed E-state index contributed by atoms with van der Waals surface area (Å²) >= 11 is 0. The van der Waals surface area contributed by atoms with Crippen molar-refractivity contribution in [3.05, 3.63) is 48.5 Å². The second-order valence-electron chi connectivity index (χ2n) is 3.12. The van der Waals surface area contributed by atoms with Crippen LogP contribution in [-0.2, 0) is 11.2 Å². The van der Waals surface area contributed by atoms with E-state index in [-0.39, 0.29) is 6.42 Å². The van der Waals surface area contributed by atoms with Crippen molar-refractivity contribution >= 4 is 5.97 Å². The number of carbonyl (C=O) groups is 1. The molecule has 0 spiro atoms. The summed E-state index contributed by atoms with van der Waals surface area (Å²) in [5.74, 6) is -0.341. The smallest absolute Gasteiger partial charge is 0.311 e. The van der Waals surface area contributed by atoms with Crippen LogP contribution in [-0.4, -0.2) is 20.6 Å². The molecule has 0 saturated heterocycles. The van der Waals surface area contributed by atoms with Crippen molar-refractivity contribution in [1.29, 1.82) is 0 Å². The Hall–Kier alpha value is -2.10. The Bertz CT molecular complexity index is 462. The van der Waals surface area contributed by atoms with E-state index in [0.717, 1.165) is 5.69 Å². The maximum Gasteiger partial charge on any atom is 0.311 e. The Labute approximate surface area is 86.8 Å². The number of hydrogen-bond donors (Lipinski definition) is 1. The van der Waals surface area contributed by atoms with E-state index in [2.05, 4.69) is 4.98 Å². The number of para-hydroxylation sites is 1. The largest absolute Gasteiger partial charge is 0.481 e. The fourth-order valence-electron chi connectivity index (χ4n) is 1.42. The number of imidazole rings is 1. The van der Waals surface area contributed by atoms with E-state index in [1.165, 1.54) is 0 Å². The fourth-order valence-corrected chi connectivity index (χ4v) is 1.42. The van der Waals surface area contributed by atoms with Gasteiger partial charge in [-0.05, 0) is 12.1 Å². The summed E-state index contributed by atoms with van der Waals surface area (Å²) in [5, 5.41) is 8.70. The normalized spacial score (nSPS) is 10.1. The highest BCUT2D eigenvalue weighted by atomic mass is 16.4. The van der Waals surface area contributed by atoms with E-state index in [0.29, 0.717) is 5.82 Å². The fraction of sp³-hybridized carbons (Fsp3) is 0.0909. The molecule has 0 bridgehead atoms. The van der Waals surface area contributed by atoms with Gasteiger partial charge in [0.2, 0.25) is 0 Å². The van der Waals surface area contributed by atoms with E-state index in [1.54, 1.807) is 17.0 Å². The van der Waals surface area contributed by atoms with Crippen LogP contribution < -0.4 is 0 Å². The SMILES string of the molecule is O=C(O)Cc1nccn1-c1ccccc1. The van der Waals surface area contributed by atoms with Gasteiger partial charge in [-0.25, -0.2) is 4.98 Å². The van der Waals surface area contributed by atoms with Crippen LogP contribution in [0.5, 0.6) is 0 Å². The molecule has 1 aromatic heterocycles. The molecule has 1 N–H and O–H groups in total. The van der Waals surface area contributed by atoms with Crippen molar-refractivity contribution in [2.24, 2.45) is 0 Å². The number of carboxylic acid groups (broad SMARTS) is 1. The van der Waals surface area contributed by atoms with Crippen molar-refractivity contribution in [3.63, 3.8) is 0 Å². The molecule has 2 rings (SSSR count). The Balaban J connectivity index is 2.37. The van der Waals surface area contributed by atoms with Crippen molar-refractivity contribution in [3.8, 4) is 5.69 Å². The number of aliphatic carboxylic acids is 1. The summed E-state index contributed by atoms with van der Waals surface area (Å²) in [7, 11) is 0. The predicted molar refractivity (Wildman–Crippen MR) is 54.9 cm³/mol. The van der Waals surface area contributed by atoms with Crippen LogP contribution in [0.1, 0.15) is 5.82 Å². The molecule has 0 saturated carbocycles. The minimum atomic E-state index is -0.876. The molecule has 0 aliphatic heterocycles. The van der Waals surface area contributed by atoms with E-state index in [4.69, 9.17) is 5.11 Å². The van der Waals surface area contributed by atoms with Crippen LogP contribution in [0.2, 0.25) is 0 Å². The van der Waals surface area contributed by atoms with E-state index < -0.39 is 5.97 Å². The summed E-state index contributed by atoms with van der Waals surface area (Å²) in [5.41, 5.74) is 0.922. The van der Waals surface area contributed by atoms with Gasteiger partial charge in [-0.1, -0.05) is 18.2 Å². The quantitative estimate of drug-likeness (QED) is 0.820. The minimum Gasteiger partial charge on any atom is -0.481 e. The zero-order chi connectivity index (χ0) is 10.7. The average Bonchev–Trinajstić information content (AvgIpc) is 2.66. The van der Waals surface area contributed by atoms with Gasteiger partial charge in [-0.15, -0.1) is 0 Å². The molecule has 0 radical (unpaired) electrons. The lowest BCUT2D eigenvalue weighted by Gasteiger charge is -2.05. The molecule has 2 aromatic rings. The first-order valence-corrected chi connectivity index (χ1v) is 4.57. The molecule has 0 unspecified atom stereocenters. The number of hydrogen-bond acceptors (Lipinski definition) is 2. The highest BCUT2D eigenvalue weighted by Crippen LogP contribution is 2.10. The van der Waals surface area contributed by atoms with Gasteiger partial charge in [0.15, 0.2) is 0 Å². The second-order valence-corrected chi connectivity index (χ2v) is 3.12. The summed E-state index contributed by atoms with van der Waals surface area (Å²) in [6, 6.07) is 9.54. The van der Waals surface area contributed by atoms with Gasteiger partial charge in [-0.3, -0.25) is 4.79 Å². The van der Waals surface area contributed by atoms with Crippen LogP contribution in [0.3, 0.4) is 0 Å². The standard InChI is InChI=1S/C11H10N2O2/c14-11(15)8-10-12-6-7-13(10)9-4-2-1-3-5-9/h1-7H,8H2,(H,14,15). The van der Waals surface area contributed by atoms with Gasteiger partial charge in [0.05, 0.1) is 0 Å². The van der Waals surface area contributed by atoms with Gasteiger partial charge in [0, 0.05) is 18.1 Å². The lowest BCUT2D eigenvalue weighted by molar-refractivity contribution is -0.136. The molecular weight excluding hydrogens is 192 g/mol. The topological polar surface area (TPSA) is 55.1 Å². The van der Waals surface area contributed by atoms with Crippen LogP contribution in [0.4, 0.5) is 0 Å². The molecule has 15 heavy (non-hydrogen) atoms. The number of aromatic nitrogens is 2. The third-order valence-corrected chi connectivity index (χ3v) is 2.06. The summed E-state index contributed by atoms with van der Waals surface area (Å²) in [6.07, 6.45) is 3.29. The monoisotopic (exact) mass is 202 g/mol. The number of rotatable bonds is 3. The number of nitrogens with zero attached hydrogens (tertiary/aromatic N) is 2. The molecule has 0 aliphatic rings. The Morgan fingerprint density at radius 2 is 2.07 bits per heavy atom. The molecule has 0 amide bonds. The Morgan fingerprint density at radius 1 is 1.33 bits per heavy atom. The third-order valence-electron chi connectivity index (χ3n) is 2.06. The van der Waals surface area contributed by atoms with Crippen molar-refractivity contribution in [2.75, 3.05) is 0 Å². The molecule has 76 valence electrons. The van der Waals surface area contributed by atoms with E-state index >= 15 is 0 Å². The average molecular weight is 202 g/mol. The summed E-state index contributed by atoms with van der Waals surface area (Å²) in [4.78, 5) is 14.6. The first-order chi connectivity index (χ1) is 7.27. The molecule has 0 aliphatic carbocycles. The zero-order valence-corrected chi connectivity index (χ0v) is 8.00. The van der Waals surface area contributed by atoms with Gasteiger partial charge in [0.1, 0.15) is 12.2 Å². The van der Waals surface area contributed by atoms with Crippen molar-refractivity contribution in [1.82, 2.24) is 9.55 Å². The van der Waals surface area contributed by atoms with Crippen LogP contribution >= 0.6 is 0 Å². The lowest BCUT2D eigenvalue weighted by Crippen LogP contribution is -2.07. The van der Waals surface area contributed by atoms with Gasteiger partial charge >= 0.3 is 5.97 Å². The minimum absolute atomic E-state index is 0.0676. The van der Waals surface area contributed by atoms with Crippen LogP contribution in [0.15, 0.2) is 42.7 Å². The van der Waals surface area contributed by atoms with Gasteiger partial charge in [-0.2, -0.15) is 0 Å². The maximum absolute atomic E-state index is 10.6. The molecular formula is C11H10N2O2. The summed E-state index contributed by atoms with van der Waals surface area (Å²) in [6.45, 7) is 0. The predicted octanol–water partition coefficient (Wildman–Crippen LogP) is 1.50. The second kappa shape index (κ2) is 3.96. The molecule has 0 fully saturated rings. The van der Waals surface area contributed by atoms with Crippen molar-refractivity contribution in [2.45, 2.75) is 6.42 Å². The van der Waals surface area contributed by atoms with E-state index in [9.17, 15) is 4.79 Å². The first kappa shape index (κ1) is 9.45. The highest BCUT2D eigenvalue weighted by molar-refractivity contribution is 5.69. The maximum atomic E-state index is 10.6. The molecule has 0 atom stereocenters. The van der Waals surface area contributed by atoms with Crippen LogP contribution in [0, 0.1) is 0 Å². The zero-order valence-electron chi connectivity index (χ0n) is 8.00. The lowest BCUT2D eigenvalue weighted by atomic mass is 10.3. The molecule has 1 aromatic carbocycles. The highest BCUT2D eigenvalue weighted by Gasteiger charge is 2.08. The number of carboxylic acids is 1. The van der Waals surface area contributed by atoms with Gasteiger partial charge < -0.3 is 9.67 Å². The van der Waals surface area contributed by atoms with E-state index in [1.807, 2.05) is 30.3 Å².